The minimum absolute atomic E-state index is 0. The van der Waals surface area contributed by atoms with Gasteiger partial charge in [0.2, 0.25) is 0 Å². The van der Waals surface area contributed by atoms with E-state index in [-0.39, 0.29) is 36.8 Å². The Labute approximate surface area is 171 Å². The smallest absolute Gasteiger partial charge is 0.256 e. The number of amides is 1. The minimum atomic E-state index is -0.0292. The van der Waals surface area contributed by atoms with E-state index < -0.39 is 0 Å². The zero-order valence-electron chi connectivity index (χ0n) is 14.7. The van der Waals surface area contributed by atoms with Crippen molar-refractivity contribution >= 4 is 48.1 Å². The van der Waals surface area contributed by atoms with Gasteiger partial charge < -0.3 is 15.1 Å². The highest BCUT2D eigenvalue weighted by molar-refractivity contribution is 6.30. The van der Waals surface area contributed by atoms with E-state index in [1.807, 2.05) is 60.3 Å². The maximum Gasteiger partial charge on any atom is 0.256 e. The first kappa shape index (κ1) is 22.5. The molecule has 142 valence electrons. The number of aromatic nitrogens is 1. The van der Waals surface area contributed by atoms with Gasteiger partial charge in [-0.05, 0) is 29.8 Å². The largest absolute Gasteiger partial charge is 0.363 e. The Morgan fingerprint density at radius 3 is 2.65 bits per heavy atom. The molecular weight excluding hydrogens is 395 g/mol. The van der Waals surface area contributed by atoms with Crippen LogP contribution in [0.1, 0.15) is 22.0 Å². The number of rotatable bonds is 3. The molecule has 8 heteroatoms. The van der Waals surface area contributed by atoms with Crippen molar-refractivity contribution < 1.29 is 4.79 Å². The molecule has 1 amide bonds. The number of halogens is 3. The van der Waals surface area contributed by atoms with Crippen molar-refractivity contribution in [3.63, 3.8) is 0 Å². The first-order valence-electron chi connectivity index (χ1n) is 7.97. The lowest BCUT2D eigenvalue weighted by molar-refractivity contribution is 0.0634. The normalized spacial score (nSPS) is 16.3. The van der Waals surface area contributed by atoms with Crippen molar-refractivity contribution in [3.8, 4) is 0 Å². The number of nitrogens with one attached hydrogen (secondary N) is 1. The maximum absolute atomic E-state index is 13.0. The van der Waals surface area contributed by atoms with Crippen molar-refractivity contribution in [1.29, 1.82) is 0 Å². The number of piperazine rings is 1. The third kappa shape index (κ3) is 5.01. The number of carbonyl (C=O) groups excluding carboxylic acids is 1. The van der Waals surface area contributed by atoms with E-state index in [4.69, 9.17) is 11.6 Å². The van der Waals surface area contributed by atoms with E-state index >= 15 is 0 Å². The fraction of sp³-hybridized carbons (Fsp3) is 0.333. The molecule has 26 heavy (non-hydrogen) atoms. The number of benzene rings is 1. The highest BCUT2D eigenvalue weighted by Crippen LogP contribution is 2.26. The van der Waals surface area contributed by atoms with Crippen molar-refractivity contribution in [1.82, 2.24) is 15.2 Å². The van der Waals surface area contributed by atoms with E-state index in [2.05, 4.69) is 10.3 Å². The average Bonchev–Trinajstić information content (AvgIpc) is 2.61. The first-order valence-corrected chi connectivity index (χ1v) is 8.34. The van der Waals surface area contributed by atoms with Crippen LogP contribution < -0.4 is 10.2 Å². The Morgan fingerprint density at radius 1 is 1.27 bits per heavy atom. The van der Waals surface area contributed by atoms with Crippen molar-refractivity contribution in [2.45, 2.75) is 6.04 Å². The van der Waals surface area contributed by atoms with Crippen LogP contribution >= 0.6 is 36.4 Å². The zero-order valence-corrected chi connectivity index (χ0v) is 17.1. The SMILES string of the molecule is CN(C)c1ccc(C(=O)N2CCNCC2c2cccc(Cl)c2)cn1.Cl.Cl. The van der Waals surface area contributed by atoms with Gasteiger partial charge >= 0.3 is 0 Å². The highest BCUT2D eigenvalue weighted by Gasteiger charge is 2.28. The lowest BCUT2D eigenvalue weighted by Crippen LogP contribution is -2.48. The van der Waals surface area contributed by atoms with Crippen LogP contribution in [-0.4, -0.2) is 49.5 Å². The second-order valence-electron chi connectivity index (χ2n) is 6.07. The lowest BCUT2D eigenvalue weighted by atomic mass is 10.0. The van der Waals surface area contributed by atoms with Gasteiger partial charge in [-0.25, -0.2) is 4.98 Å². The molecule has 2 heterocycles. The molecule has 1 N–H and O–H groups in total. The molecule has 1 aliphatic heterocycles. The number of carbonyl (C=O) groups is 1. The summed E-state index contributed by atoms with van der Waals surface area (Å²) >= 11 is 6.12. The standard InChI is InChI=1S/C18H21ClN4O.2ClH/c1-22(2)17-7-6-14(11-21-17)18(24)23-9-8-20-12-16(23)13-4-3-5-15(19)10-13;;/h3-7,10-11,16,20H,8-9,12H2,1-2H3;2*1H. The van der Waals surface area contributed by atoms with Crippen LogP contribution in [0.5, 0.6) is 0 Å². The molecular formula is C18H23Cl3N4O. The third-order valence-electron chi connectivity index (χ3n) is 4.19. The molecule has 3 rings (SSSR count). The summed E-state index contributed by atoms with van der Waals surface area (Å²) in [6, 6.07) is 11.4. The predicted octanol–water partition coefficient (Wildman–Crippen LogP) is 3.43. The summed E-state index contributed by atoms with van der Waals surface area (Å²) in [7, 11) is 3.85. The Bertz CT molecular complexity index is 725. The summed E-state index contributed by atoms with van der Waals surface area (Å²) in [5.41, 5.74) is 1.65. The molecule has 5 nitrogen and oxygen atoms in total. The molecule has 0 aliphatic carbocycles. The second kappa shape index (κ2) is 9.97. The van der Waals surface area contributed by atoms with E-state index in [0.717, 1.165) is 24.5 Å². The molecule has 1 fully saturated rings. The number of pyridine rings is 1. The molecule has 0 bridgehead atoms. The molecule has 0 radical (unpaired) electrons. The highest BCUT2D eigenvalue weighted by atomic mass is 35.5. The topological polar surface area (TPSA) is 48.5 Å². The molecule has 1 atom stereocenters. The zero-order chi connectivity index (χ0) is 17.1. The van der Waals surface area contributed by atoms with Gasteiger partial charge in [0.1, 0.15) is 5.82 Å². The summed E-state index contributed by atoms with van der Waals surface area (Å²) in [4.78, 5) is 21.1. The van der Waals surface area contributed by atoms with Gasteiger partial charge in [0.05, 0.1) is 11.6 Å². The van der Waals surface area contributed by atoms with Gasteiger partial charge in [0, 0.05) is 44.9 Å². The van der Waals surface area contributed by atoms with E-state index in [0.29, 0.717) is 17.1 Å². The number of hydrogen-bond donors (Lipinski definition) is 1. The molecule has 1 saturated heterocycles. The Morgan fingerprint density at radius 2 is 2.04 bits per heavy atom. The van der Waals surface area contributed by atoms with Gasteiger partial charge in [0.15, 0.2) is 0 Å². The molecule has 1 unspecified atom stereocenters. The first-order chi connectivity index (χ1) is 11.6. The molecule has 0 spiro atoms. The molecule has 2 aromatic rings. The quantitative estimate of drug-likeness (QED) is 0.831. The molecule has 1 aromatic carbocycles. The molecule has 0 saturated carbocycles. The third-order valence-corrected chi connectivity index (χ3v) is 4.43. The number of hydrogen-bond acceptors (Lipinski definition) is 4. The van der Waals surface area contributed by atoms with Gasteiger partial charge in [0.25, 0.3) is 5.91 Å². The van der Waals surface area contributed by atoms with Gasteiger partial charge in [-0.2, -0.15) is 0 Å². The van der Waals surface area contributed by atoms with Crippen molar-refractivity contribution in [3.05, 3.63) is 58.7 Å². The summed E-state index contributed by atoms with van der Waals surface area (Å²) in [6.45, 7) is 2.16. The van der Waals surface area contributed by atoms with Crippen LogP contribution in [0.25, 0.3) is 0 Å². The van der Waals surface area contributed by atoms with Crippen LogP contribution in [0.15, 0.2) is 42.6 Å². The van der Waals surface area contributed by atoms with Crippen LogP contribution in [0, 0.1) is 0 Å². The minimum Gasteiger partial charge on any atom is -0.363 e. The number of nitrogens with zero attached hydrogens (tertiary/aromatic N) is 3. The van der Waals surface area contributed by atoms with Crippen molar-refractivity contribution in [2.75, 3.05) is 38.6 Å². The molecule has 1 aliphatic rings. The van der Waals surface area contributed by atoms with E-state index in [1.165, 1.54) is 0 Å². The Kier molecular flexibility index (Phi) is 8.63. The van der Waals surface area contributed by atoms with Crippen molar-refractivity contribution in [2.24, 2.45) is 0 Å². The van der Waals surface area contributed by atoms with Crippen LogP contribution in [-0.2, 0) is 0 Å². The average molecular weight is 418 g/mol. The maximum atomic E-state index is 13.0. The summed E-state index contributed by atoms with van der Waals surface area (Å²) in [5.74, 6) is 0.831. The van der Waals surface area contributed by atoms with E-state index in [9.17, 15) is 4.79 Å². The van der Waals surface area contributed by atoms with Gasteiger partial charge in [-0.3, -0.25) is 4.79 Å². The second-order valence-corrected chi connectivity index (χ2v) is 6.51. The molecule has 1 aromatic heterocycles. The summed E-state index contributed by atoms with van der Waals surface area (Å²) in [6.07, 6.45) is 1.65. The lowest BCUT2D eigenvalue weighted by Gasteiger charge is -2.36. The Hall–Kier alpha value is -1.53. The van der Waals surface area contributed by atoms with Crippen LogP contribution in [0.4, 0.5) is 5.82 Å². The predicted molar refractivity (Wildman–Crippen MR) is 111 cm³/mol. The Balaban J connectivity index is 0.00000169. The van der Waals surface area contributed by atoms with Crippen LogP contribution in [0.3, 0.4) is 0 Å². The summed E-state index contributed by atoms with van der Waals surface area (Å²) < 4.78 is 0. The van der Waals surface area contributed by atoms with Gasteiger partial charge in [-0.15, -0.1) is 24.8 Å². The summed E-state index contributed by atoms with van der Waals surface area (Å²) in [5, 5.41) is 4.04. The fourth-order valence-corrected chi connectivity index (χ4v) is 3.10. The van der Waals surface area contributed by atoms with Crippen LogP contribution in [0.2, 0.25) is 5.02 Å². The number of anilines is 1. The van der Waals surface area contributed by atoms with Gasteiger partial charge in [-0.1, -0.05) is 23.7 Å². The van der Waals surface area contributed by atoms with E-state index in [1.54, 1.807) is 6.20 Å². The monoisotopic (exact) mass is 416 g/mol. The fourth-order valence-electron chi connectivity index (χ4n) is 2.90.